The van der Waals surface area contributed by atoms with Crippen LogP contribution in [0.15, 0.2) is 47.4 Å². The van der Waals surface area contributed by atoms with E-state index in [9.17, 15) is 32.7 Å². The normalized spacial score (nSPS) is 14.4. The van der Waals surface area contributed by atoms with Crippen molar-refractivity contribution in [2.75, 3.05) is 43.0 Å². The summed E-state index contributed by atoms with van der Waals surface area (Å²) in [6.45, 7) is 4.40. The first-order valence-corrected chi connectivity index (χ1v) is 16.7. The van der Waals surface area contributed by atoms with Gasteiger partial charge in [-0.3, -0.25) is 14.4 Å². The molecule has 270 valence electrons. The zero-order valence-electron chi connectivity index (χ0n) is 27.9. The van der Waals surface area contributed by atoms with Crippen molar-refractivity contribution in [2.24, 2.45) is 0 Å². The molecule has 14 nitrogen and oxygen atoms in total. The molecule has 7 rings (SSSR count). The number of ether oxygens (including phenoxy) is 1. The number of amides is 2. The van der Waals surface area contributed by atoms with Crippen molar-refractivity contribution in [3.05, 3.63) is 86.3 Å². The van der Waals surface area contributed by atoms with Crippen molar-refractivity contribution in [3.8, 4) is 22.9 Å². The number of benzene rings is 2. The van der Waals surface area contributed by atoms with Crippen LogP contribution >= 0.6 is 11.6 Å². The molecule has 5 heterocycles. The number of aromatic hydroxyl groups is 1. The Morgan fingerprint density at radius 2 is 1.85 bits per heavy atom. The van der Waals surface area contributed by atoms with Crippen LogP contribution in [0.4, 0.5) is 24.5 Å². The third kappa shape index (κ3) is 6.47. The summed E-state index contributed by atoms with van der Waals surface area (Å²) in [6.07, 6.45) is -2.47. The van der Waals surface area contributed by atoms with Crippen LogP contribution in [0.2, 0.25) is 5.02 Å². The Morgan fingerprint density at radius 1 is 1.08 bits per heavy atom. The molecule has 2 N–H and O–H groups in total. The molecule has 0 saturated carbocycles. The second kappa shape index (κ2) is 13.4. The van der Waals surface area contributed by atoms with Gasteiger partial charge in [0.25, 0.3) is 11.5 Å². The minimum absolute atomic E-state index is 0.0248. The van der Waals surface area contributed by atoms with Crippen LogP contribution in [0.3, 0.4) is 0 Å². The lowest BCUT2D eigenvalue weighted by Gasteiger charge is -2.36. The Balaban J connectivity index is 1.25. The van der Waals surface area contributed by atoms with Crippen LogP contribution in [0.5, 0.6) is 11.5 Å². The molecule has 18 heteroatoms. The molecule has 52 heavy (non-hydrogen) atoms. The summed E-state index contributed by atoms with van der Waals surface area (Å²) in [7, 11) is 0. The second-order valence-corrected chi connectivity index (χ2v) is 12.7. The Kier molecular flexibility index (Phi) is 8.98. The molecule has 0 aliphatic carbocycles. The highest BCUT2D eigenvalue weighted by Crippen LogP contribution is 2.34. The Morgan fingerprint density at radius 3 is 2.56 bits per heavy atom. The van der Waals surface area contributed by atoms with E-state index < -0.39 is 35.7 Å². The van der Waals surface area contributed by atoms with E-state index in [4.69, 9.17) is 21.3 Å². The predicted molar refractivity (Wildman–Crippen MR) is 183 cm³/mol. The van der Waals surface area contributed by atoms with E-state index in [1.54, 1.807) is 17.6 Å². The number of aryl methyl sites for hydroxylation is 1. The Labute approximate surface area is 298 Å². The molecule has 0 radical (unpaired) electrons. The summed E-state index contributed by atoms with van der Waals surface area (Å²) in [5, 5.41) is 17.1. The number of hydrogen-bond acceptors (Lipinski definition) is 10. The van der Waals surface area contributed by atoms with E-state index in [0.717, 1.165) is 34.0 Å². The highest BCUT2D eigenvalue weighted by molar-refractivity contribution is 6.33. The van der Waals surface area contributed by atoms with Crippen LogP contribution < -0.4 is 20.5 Å². The number of anilines is 2. The standard InChI is InChI=1S/C34H31ClF3N9O5/c1-3-24-29(44-9-11-45(12-10-44)31(50)28-25(48)16-39-18(2)40-28)32(51)47-33(42-30(43-47)20-4-7-26-19(14-20)8-13-52-26)46(24)17-27(49)41-23-6-5-21(15-22(23)35)34(36,37)38/h4-7,14-16,48H,3,8-13,17H2,1-2H3,(H,41,49). The van der Waals surface area contributed by atoms with Crippen LogP contribution in [-0.4, -0.2) is 83.7 Å². The molecule has 1 fully saturated rings. The zero-order valence-corrected chi connectivity index (χ0v) is 28.6. The van der Waals surface area contributed by atoms with E-state index in [1.165, 1.54) is 11.1 Å². The van der Waals surface area contributed by atoms with Crippen LogP contribution in [0.25, 0.3) is 17.2 Å². The lowest BCUT2D eigenvalue weighted by Crippen LogP contribution is -2.51. The predicted octanol–water partition coefficient (Wildman–Crippen LogP) is 4.13. The second-order valence-electron chi connectivity index (χ2n) is 12.3. The highest BCUT2D eigenvalue weighted by Gasteiger charge is 2.32. The topological polar surface area (TPSA) is 160 Å². The average Bonchev–Trinajstić information content (AvgIpc) is 3.78. The Bertz CT molecular complexity index is 2300. The van der Waals surface area contributed by atoms with Crippen molar-refractivity contribution in [2.45, 2.75) is 39.4 Å². The number of fused-ring (bicyclic) bond motifs is 2. The summed E-state index contributed by atoms with van der Waals surface area (Å²) in [6, 6.07) is 8.10. The number of nitrogens with zero attached hydrogens (tertiary/aromatic N) is 8. The maximum atomic E-state index is 14.3. The number of nitrogens with one attached hydrogen (secondary N) is 1. The number of aromatic nitrogens is 6. The summed E-state index contributed by atoms with van der Waals surface area (Å²) in [5.41, 5.74) is 0.715. The van der Waals surface area contributed by atoms with Crippen molar-refractivity contribution in [1.82, 2.24) is 34.0 Å². The first kappa shape index (κ1) is 34.7. The van der Waals surface area contributed by atoms with Gasteiger partial charge in [-0.2, -0.15) is 22.7 Å². The van der Waals surface area contributed by atoms with E-state index in [1.807, 2.05) is 24.0 Å². The van der Waals surface area contributed by atoms with Gasteiger partial charge in [-0.15, -0.1) is 5.10 Å². The van der Waals surface area contributed by atoms with Crippen molar-refractivity contribution in [3.63, 3.8) is 0 Å². The first-order chi connectivity index (χ1) is 24.8. The number of piperazine rings is 1. The molecule has 3 aromatic heterocycles. The van der Waals surface area contributed by atoms with Crippen molar-refractivity contribution < 1.29 is 32.6 Å². The summed E-state index contributed by atoms with van der Waals surface area (Å²) in [5.74, 6) is -0.0627. The number of halogens is 4. The fraction of sp³-hybridized carbons (Fsp3) is 0.324. The van der Waals surface area contributed by atoms with E-state index >= 15 is 0 Å². The first-order valence-electron chi connectivity index (χ1n) is 16.3. The highest BCUT2D eigenvalue weighted by atomic mass is 35.5. The van der Waals surface area contributed by atoms with Gasteiger partial charge in [0.05, 0.1) is 34.8 Å². The minimum Gasteiger partial charge on any atom is -0.504 e. The molecule has 2 aliphatic heterocycles. The third-order valence-electron chi connectivity index (χ3n) is 8.96. The summed E-state index contributed by atoms with van der Waals surface area (Å²) in [4.78, 5) is 57.1. The monoisotopic (exact) mass is 737 g/mol. The summed E-state index contributed by atoms with van der Waals surface area (Å²) < 4.78 is 48.0. The van der Waals surface area contributed by atoms with E-state index in [-0.39, 0.29) is 72.0 Å². The van der Waals surface area contributed by atoms with E-state index in [0.29, 0.717) is 30.1 Å². The Hall–Kier alpha value is -5.71. The molecular formula is C34H31ClF3N9O5. The van der Waals surface area contributed by atoms with Crippen LogP contribution in [-0.2, 0) is 30.4 Å². The van der Waals surface area contributed by atoms with Gasteiger partial charge in [-0.25, -0.2) is 9.97 Å². The molecule has 0 atom stereocenters. The lowest BCUT2D eigenvalue weighted by atomic mass is 10.1. The smallest absolute Gasteiger partial charge is 0.416 e. The van der Waals surface area contributed by atoms with Crippen LogP contribution in [0, 0.1) is 6.92 Å². The third-order valence-corrected chi connectivity index (χ3v) is 9.27. The average molecular weight is 738 g/mol. The van der Waals surface area contributed by atoms with Gasteiger partial charge in [0, 0.05) is 38.2 Å². The molecular weight excluding hydrogens is 707 g/mol. The maximum absolute atomic E-state index is 14.3. The fourth-order valence-corrected chi connectivity index (χ4v) is 6.64. The zero-order chi connectivity index (χ0) is 36.9. The largest absolute Gasteiger partial charge is 0.504 e. The lowest BCUT2D eigenvalue weighted by molar-refractivity contribution is -0.137. The molecule has 2 aliphatic rings. The fourth-order valence-electron chi connectivity index (χ4n) is 6.41. The molecule has 5 aromatic rings. The quantitative estimate of drug-likeness (QED) is 0.249. The van der Waals surface area contributed by atoms with Gasteiger partial charge < -0.3 is 29.5 Å². The van der Waals surface area contributed by atoms with Gasteiger partial charge in [0.2, 0.25) is 11.7 Å². The van der Waals surface area contributed by atoms with Crippen molar-refractivity contribution in [1.29, 1.82) is 0 Å². The van der Waals surface area contributed by atoms with E-state index in [2.05, 4.69) is 20.4 Å². The maximum Gasteiger partial charge on any atom is 0.416 e. The molecule has 2 aromatic carbocycles. The SMILES string of the molecule is CCc1c(N2CCN(C(=O)c3nc(C)ncc3O)CC2)c(=O)n2nc(-c3ccc4c(c3)CCO4)nc2n1CC(=O)Nc1ccc(C(F)(F)F)cc1Cl. The van der Waals surface area contributed by atoms with Gasteiger partial charge in [-0.05, 0) is 55.3 Å². The van der Waals surface area contributed by atoms with Crippen LogP contribution in [0.1, 0.15) is 40.1 Å². The minimum atomic E-state index is -4.62. The molecule has 1 saturated heterocycles. The van der Waals surface area contributed by atoms with Gasteiger partial charge in [0.1, 0.15) is 23.8 Å². The molecule has 2 amide bonds. The number of hydrogen-bond donors (Lipinski definition) is 2. The number of carbonyl (C=O) groups is 2. The van der Waals surface area contributed by atoms with Gasteiger partial charge in [0.15, 0.2) is 17.3 Å². The van der Waals surface area contributed by atoms with Gasteiger partial charge in [-0.1, -0.05) is 18.5 Å². The van der Waals surface area contributed by atoms with Crippen molar-refractivity contribution >= 4 is 40.6 Å². The number of rotatable bonds is 7. The molecule has 0 spiro atoms. The number of alkyl halides is 3. The molecule has 0 unspecified atom stereocenters. The summed E-state index contributed by atoms with van der Waals surface area (Å²) >= 11 is 6.13. The van der Waals surface area contributed by atoms with Gasteiger partial charge >= 0.3 is 6.18 Å². The number of carbonyl (C=O) groups excluding carboxylic acids is 2. The molecule has 0 bridgehead atoms.